The number of aliphatic hydroxyl groups excluding tert-OH is 1. The van der Waals surface area contributed by atoms with Crippen molar-refractivity contribution in [3.05, 3.63) is 0 Å². The van der Waals surface area contributed by atoms with Gasteiger partial charge in [-0.25, -0.2) is 8.42 Å². The van der Waals surface area contributed by atoms with Crippen LogP contribution >= 0.6 is 10.7 Å². The van der Waals surface area contributed by atoms with Gasteiger partial charge in [0.2, 0.25) is 9.05 Å². The number of halogens is 1. The summed E-state index contributed by atoms with van der Waals surface area (Å²) in [6.45, 7) is 0. The van der Waals surface area contributed by atoms with E-state index in [9.17, 15) is 13.5 Å². The van der Waals surface area contributed by atoms with Gasteiger partial charge in [0, 0.05) is 10.7 Å². The van der Waals surface area contributed by atoms with E-state index in [0.717, 1.165) is 25.7 Å². The Morgan fingerprint density at radius 1 is 1.31 bits per heavy atom. The first-order chi connectivity index (χ1) is 5.99. The molecule has 1 fully saturated rings. The largest absolute Gasteiger partial charge is 0.392 e. The fourth-order valence-electron chi connectivity index (χ4n) is 1.86. The number of aliphatic hydroxyl groups is 1. The van der Waals surface area contributed by atoms with Crippen molar-refractivity contribution >= 4 is 19.7 Å². The highest BCUT2D eigenvalue weighted by atomic mass is 35.7. The molecule has 0 radical (unpaired) electrons. The molecule has 1 rings (SSSR count). The van der Waals surface area contributed by atoms with Crippen molar-refractivity contribution in [2.75, 3.05) is 5.75 Å². The maximum atomic E-state index is 10.7. The van der Waals surface area contributed by atoms with Crippen LogP contribution < -0.4 is 0 Å². The molecule has 1 aliphatic rings. The predicted molar refractivity (Wildman–Crippen MR) is 52.2 cm³/mol. The lowest BCUT2D eigenvalue weighted by molar-refractivity contribution is 0.104. The van der Waals surface area contributed by atoms with Gasteiger partial charge in [0.1, 0.15) is 0 Å². The summed E-state index contributed by atoms with van der Waals surface area (Å²) in [5.41, 5.74) is 0. The number of hydrogen-bond donors (Lipinski definition) is 1. The highest BCUT2D eigenvalue weighted by Crippen LogP contribution is 2.27. The topological polar surface area (TPSA) is 54.4 Å². The Morgan fingerprint density at radius 3 is 2.31 bits per heavy atom. The molecule has 0 heterocycles. The molecule has 0 spiro atoms. The lowest BCUT2D eigenvalue weighted by atomic mass is 9.86. The summed E-state index contributed by atoms with van der Waals surface area (Å²) in [4.78, 5) is 0. The molecule has 0 aromatic rings. The molecule has 0 bridgehead atoms. The molecule has 1 aliphatic carbocycles. The fraction of sp³-hybridized carbons (Fsp3) is 1.00. The Balaban J connectivity index is 2.42. The summed E-state index contributed by atoms with van der Waals surface area (Å²) in [6.07, 6.45) is 4.44. The molecule has 0 amide bonds. The normalized spacial score (nSPS) is 22.9. The standard InChI is InChI=1S/C8H15ClO3S/c9-13(11,12)6-8(10)7-4-2-1-3-5-7/h7-8,10H,1-6H2. The monoisotopic (exact) mass is 226 g/mol. The van der Waals surface area contributed by atoms with Gasteiger partial charge >= 0.3 is 0 Å². The highest BCUT2D eigenvalue weighted by Gasteiger charge is 2.25. The minimum absolute atomic E-state index is 0.127. The lowest BCUT2D eigenvalue weighted by Gasteiger charge is -2.25. The van der Waals surface area contributed by atoms with E-state index >= 15 is 0 Å². The second-order valence-corrected chi connectivity index (χ2v) is 6.49. The van der Waals surface area contributed by atoms with E-state index in [-0.39, 0.29) is 11.7 Å². The van der Waals surface area contributed by atoms with Crippen molar-refractivity contribution in [3.8, 4) is 0 Å². The zero-order valence-corrected chi connectivity index (χ0v) is 9.02. The first-order valence-corrected chi connectivity index (χ1v) is 7.07. The van der Waals surface area contributed by atoms with Gasteiger partial charge in [-0.15, -0.1) is 0 Å². The van der Waals surface area contributed by atoms with Crippen LogP contribution in [0.4, 0.5) is 0 Å². The molecule has 13 heavy (non-hydrogen) atoms. The van der Waals surface area contributed by atoms with Crippen LogP contribution in [0.2, 0.25) is 0 Å². The van der Waals surface area contributed by atoms with E-state index in [0.29, 0.717) is 0 Å². The summed E-state index contributed by atoms with van der Waals surface area (Å²) < 4.78 is 21.4. The molecular weight excluding hydrogens is 212 g/mol. The zero-order chi connectivity index (χ0) is 9.90. The van der Waals surface area contributed by atoms with E-state index in [4.69, 9.17) is 10.7 Å². The summed E-state index contributed by atoms with van der Waals surface area (Å²) in [5, 5.41) is 9.55. The molecule has 3 nitrogen and oxygen atoms in total. The van der Waals surface area contributed by atoms with Crippen molar-refractivity contribution < 1.29 is 13.5 Å². The molecular formula is C8H15ClO3S. The third-order valence-electron chi connectivity index (χ3n) is 2.56. The molecule has 1 saturated carbocycles. The Kier molecular flexibility index (Phi) is 4.01. The quantitative estimate of drug-likeness (QED) is 0.742. The summed E-state index contributed by atoms with van der Waals surface area (Å²) >= 11 is 0. The van der Waals surface area contributed by atoms with Crippen molar-refractivity contribution in [2.45, 2.75) is 38.2 Å². The summed E-state index contributed by atoms with van der Waals surface area (Å²) in [5.74, 6) is -0.179. The van der Waals surface area contributed by atoms with Crippen LogP contribution in [0.5, 0.6) is 0 Å². The van der Waals surface area contributed by atoms with Gasteiger partial charge in [0.25, 0.3) is 0 Å². The van der Waals surface area contributed by atoms with Gasteiger partial charge in [0.05, 0.1) is 11.9 Å². The average molecular weight is 227 g/mol. The summed E-state index contributed by atoms with van der Waals surface area (Å²) in [6, 6.07) is 0. The van der Waals surface area contributed by atoms with E-state index in [1.807, 2.05) is 0 Å². The van der Waals surface area contributed by atoms with Crippen molar-refractivity contribution in [1.29, 1.82) is 0 Å². The zero-order valence-electron chi connectivity index (χ0n) is 7.45. The van der Waals surface area contributed by atoms with Crippen molar-refractivity contribution in [3.63, 3.8) is 0 Å². The molecule has 78 valence electrons. The van der Waals surface area contributed by atoms with Crippen molar-refractivity contribution in [2.24, 2.45) is 5.92 Å². The summed E-state index contributed by atoms with van der Waals surface area (Å²) in [7, 11) is 1.51. The van der Waals surface area contributed by atoms with Crippen LogP contribution in [0.3, 0.4) is 0 Å². The third-order valence-corrected chi connectivity index (χ3v) is 3.68. The van der Waals surface area contributed by atoms with Crippen LogP contribution in [0, 0.1) is 5.92 Å². The van der Waals surface area contributed by atoms with Crippen LogP contribution in [0.25, 0.3) is 0 Å². The van der Waals surface area contributed by atoms with Gasteiger partial charge < -0.3 is 5.11 Å². The first-order valence-electron chi connectivity index (χ1n) is 4.59. The first kappa shape index (κ1) is 11.3. The Hall–Kier alpha value is 0.200. The molecule has 0 aromatic carbocycles. The lowest BCUT2D eigenvalue weighted by Crippen LogP contribution is -2.28. The molecule has 0 aliphatic heterocycles. The Labute approximate surface area is 83.5 Å². The Bertz CT molecular complexity index is 244. The number of rotatable bonds is 3. The SMILES string of the molecule is O=S(=O)(Cl)CC(O)C1CCCCC1. The van der Waals surface area contributed by atoms with Crippen LogP contribution in [-0.4, -0.2) is 25.4 Å². The van der Waals surface area contributed by atoms with Crippen molar-refractivity contribution in [1.82, 2.24) is 0 Å². The maximum Gasteiger partial charge on any atom is 0.235 e. The molecule has 0 saturated heterocycles. The van der Waals surface area contributed by atoms with E-state index in [2.05, 4.69) is 0 Å². The molecule has 5 heteroatoms. The van der Waals surface area contributed by atoms with E-state index < -0.39 is 15.2 Å². The van der Waals surface area contributed by atoms with Gasteiger partial charge in [-0.2, -0.15) is 0 Å². The average Bonchev–Trinajstić information content (AvgIpc) is 2.03. The molecule has 1 N–H and O–H groups in total. The maximum absolute atomic E-state index is 10.7. The fourth-order valence-corrected chi connectivity index (χ4v) is 2.93. The molecule has 1 atom stereocenters. The minimum Gasteiger partial charge on any atom is -0.392 e. The molecule has 1 unspecified atom stereocenters. The third kappa shape index (κ3) is 4.29. The van der Waals surface area contributed by atoms with Crippen LogP contribution in [0.1, 0.15) is 32.1 Å². The second-order valence-electron chi connectivity index (χ2n) is 3.67. The van der Waals surface area contributed by atoms with Crippen LogP contribution in [-0.2, 0) is 9.05 Å². The van der Waals surface area contributed by atoms with Gasteiger partial charge in [-0.1, -0.05) is 19.3 Å². The number of hydrogen-bond acceptors (Lipinski definition) is 3. The minimum atomic E-state index is -3.55. The van der Waals surface area contributed by atoms with Gasteiger partial charge in [-0.3, -0.25) is 0 Å². The van der Waals surface area contributed by atoms with Crippen LogP contribution in [0.15, 0.2) is 0 Å². The smallest absolute Gasteiger partial charge is 0.235 e. The van der Waals surface area contributed by atoms with E-state index in [1.165, 1.54) is 6.42 Å². The molecule has 0 aromatic heterocycles. The Morgan fingerprint density at radius 2 is 1.85 bits per heavy atom. The predicted octanol–water partition coefficient (Wildman–Crippen LogP) is 1.50. The highest BCUT2D eigenvalue weighted by molar-refractivity contribution is 8.13. The van der Waals surface area contributed by atoms with E-state index in [1.54, 1.807) is 0 Å². The van der Waals surface area contributed by atoms with Gasteiger partial charge in [0.15, 0.2) is 0 Å². The van der Waals surface area contributed by atoms with Gasteiger partial charge in [-0.05, 0) is 18.8 Å². The second kappa shape index (κ2) is 4.62.